The molecule has 5 aromatic heterocycles. The maximum Gasteiger partial charge on any atom is 0.0620 e. The molecule has 9 aromatic carbocycles. The van der Waals surface area contributed by atoms with Gasteiger partial charge >= 0.3 is 0 Å². The standard InChI is InChI=1S/C64H42N4/c1-3-15-42(16-4-1)65-56-33-30-39(40-29-32-47-44-19-7-10-24-53(44)66(60(47)37-40)43-17-5-2-6-18-43)35-52(56)63-57(65)27-14-28-58(63)67-54-25-11-9-21-46(54)51-36-41-31-34-59-62(50(41)38-61(51)67)49-23-13-22-48-45-20-8-12-26-55(45)68(59)64(48)49/h1-10,12-15,17-24,26-38,42H,11,16,25H2. The van der Waals surface area contributed by atoms with Crippen LogP contribution in [-0.2, 0) is 6.42 Å². The highest BCUT2D eigenvalue weighted by Gasteiger charge is 2.26. The van der Waals surface area contributed by atoms with Crippen LogP contribution in [-0.4, -0.2) is 18.1 Å². The Morgan fingerprint density at radius 1 is 0.426 bits per heavy atom. The van der Waals surface area contributed by atoms with Crippen molar-refractivity contribution >= 4 is 109 Å². The number of para-hydroxylation sites is 4. The van der Waals surface area contributed by atoms with E-state index in [1.807, 2.05) is 0 Å². The third-order valence-corrected chi connectivity index (χ3v) is 15.6. The third-order valence-electron chi connectivity index (χ3n) is 15.6. The summed E-state index contributed by atoms with van der Waals surface area (Å²) in [6.45, 7) is 0. The van der Waals surface area contributed by atoms with Gasteiger partial charge in [0.25, 0.3) is 0 Å². The van der Waals surface area contributed by atoms with E-state index in [2.05, 4.69) is 230 Å². The third kappa shape index (κ3) is 4.78. The lowest BCUT2D eigenvalue weighted by Gasteiger charge is -2.19. The second kappa shape index (κ2) is 13.5. The van der Waals surface area contributed by atoms with Gasteiger partial charge in [-0.25, -0.2) is 0 Å². The Balaban J connectivity index is 0.983. The minimum atomic E-state index is 0.209. The van der Waals surface area contributed by atoms with Crippen molar-refractivity contribution in [1.29, 1.82) is 0 Å². The molecule has 0 fully saturated rings. The van der Waals surface area contributed by atoms with Crippen molar-refractivity contribution in [3.8, 4) is 22.5 Å². The van der Waals surface area contributed by atoms with Crippen LogP contribution in [0.1, 0.15) is 30.1 Å². The van der Waals surface area contributed by atoms with Gasteiger partial charge in [-0.3, -0.25) is 0 Å². The molecule has 4 heteroatoms. The molecule has 2 aliphatic carbocycles. The lowest BCUT2D eigenvalue weighted by atomic mass is 9.98. The van der Waals surface area contributed by atoms with E-state index >= 15 is 0 Å². The zero-order valence-electron chi connectivity index (χ0n) is 37.2. The number of rotatable bonds is 4. The van der Waals surface area contributed by atoms with Crippen LogP contribution in [0.3, 0.4) is 0 Å². The molecule has 5 heterocycles. The number of fused-ring (bicyclic) bond motifs is 17. The van der Waals surface area contributed by atoms with Gasteiger partial charge in [0.2, 0.25) is 0 Å². The molecular formula is C64H42N4. The summed E-state index contributed by atoms with van der Waals surface area (Å²) in [5, 5.41) is 14.3. The van der Waals surface area contributed by atoms with Crippen LogP contribution >= 0.6 is 0 Å². The monoisotopic (exact) mass is 866 g/mol. The average molecular weight is 867 g/mol. The molecule has 318 valence electrons. The highest BCUT2D eigenvalue weighted by Crippen LogP contribution is 2.47. The summed E-state index contributed by atoms with van der Waals surface area (Å²) in [7, 11) is 0. The van der Waals surface area contributed by atoms with Gasteiger partial charge < -0.3 is 18.1 Å². The van der Waals surface area contributed by atoms with Crippen LogP contribution in [0.4, 0.5) is 0 Å². The van der Waals surface area contributed by atoms with E-state index in [-0.39, 0.29) is 6.04 Å². The van der Waals surface area contributed by atoms with Crippen LogP contribution in [0, 0.1) is 0 Å². The van der Waals surface area contributed by atoms with Gasteiger partial charge in [-0.2, -0.15) is 0 Å². The average Bonchev–Trinajstić information content (AvgIpc) is 4.19. The van der Waals surface area contributed by atoms with Gasteiger partial charge in [0.15, 0.2) is 0 Å². The van der Waals surface area contributed by atoms with E-state index in [9.17, 15) is 0 Å². The zero-order valence-corrected chi connectivity index (χ0v) is 37.2. The van der Waals surface area contributed by atoms with E-state index < -0.39 is 0 Å². The number of aromatic nitrogens is 4. The first-order valence-corrected chi connectivity index (χ1v) is 24.1. The summed E-state index contributed by atoms with van der Waals surface area (Å²) < 4.78 is 10.2. The Kier molecular flexibility index (Phi) is 7.26. The molecule has 68 heavy (non-hydrogen) atoms. The Morgan fingerprint density at radius 3 is 2.06 bits per heavy atom. The minimum absolute atomic E-state index is 0.209. The van der Waals surface area contributed by atoms with Gasteiger partial charge in [-0.1, -0.05) is 140 Å². The molecule has 1 atom stereocenters. The fourth-order valence-electron chi connectivity index (χ4n) is 12.8. The van der Waals surface area contributed by atoms with E-state index in [1.54, 1.807) is 0 Å². The van der Waals surface area contributed by atoms with Gasteiger partial charge in [-0.15, -0.1) is 0 Å². The van der Waals surface area contributed by atoms with Gasteiger partial charge in [0.1, 0.15) is 0 Å². The molecule has 0 spiro atoms. The number of allylic oxidation sites excluding steroid dienone is 5. The summed E-state index contributed by atoms with van der Waals surface area (Å²) in [6, 6.07) is 66.6. The summed E-state index contributed by atoms with van der Waals surface area (Å²) in [5.41, 5.74) is 17.6. The van der Waals surface area contributed by atoms with Crippen LogP contribution in [0.2, 0.25) is 0 Å². The first kappa shape index (κ1) is 36.6. The van der Waals surface area contributed by atoms with Crippen molar-refractivity contribution in [1.82, 2.24) is 18.1 Å². The van der Waals surface area contributed by atoms with Crippen molar-refractivity contribution in [3.05, 3.63) is 218 Å². The Bertz CT molecular complexity index is 4580. The second-order valence-electron chi connectivity index (χ2n) is 19.1. The van der Waals surface area contributed by atoms with Crippen molar-refractivity contribution in [2.45, 2.75) is 25.3 Å². The SMILES string of the molecule is C1=CCC(n2c3ccc(-c4ccc5c6ccccc6n(-c6ccccc6)c5c4)cc3c3c(-n4c5c(c6cc7ccc8c(c7cc64)c4cccc6c7ccccc7n8c64)C=CCC5)cccc32)C=C1. The number of hydrogen-bond donors (Lipinski definition) is 0. The van der Waals surface area contributed by atoms with E-state index in [0.29, 0.717) is 0 Å². The van der Waals surface area contributed by atoms with E-state index in [4.69, 9.17) is 0 Å². The van der Waals surface area contributed by atoms with Crippen LogP contribution in [0.5, 0.6) is 0 Å². The lowest BCUT2D eigenvalue weighted by molar-refractivity contribution is 0.648. The molecule has 0 N–H and O–H groups in total. The zero-order chi connectivity index (χ0) is 44.2. The molecule has 0 saturated heterocycles. The quantitative estimate of drug-likeness (QED) is 0.168. The molecular weight excluding hydrogens is 825 g/mol. The number of hydrogen-bond acceptors (Lipinski definition) is 0. The lowest BCUT2D eigenvalue weighted by Crippen LogP contribution is -2.07. The number of benzene rings is 9. The predicted molar refractivity (Wildman–Crippen MR) is 288 cm³/mol. The molecule has 0 saturated carbocycles. The second-order valence-corrected chi connectivity index (χ2v) is 19.1. The normalized spacial score (nSPS) is 15.1. The summed E-state index contributed by atoms with van der Waals surface area (Å²) in [6.07, 6.45) is 16.8. The van der Waals surface area contributed by atoms with Crippen LogP contribution < -0.4 is 0 Å². The van der Waals surface area contributed by atoms with Crippen molar-refractivity contribution in [2.75, 3.05) is 0 Å². The summed E-state index contributed by atoms with van der Waals surface area (Å²) in [4.78, 5) is 0. The van der Waals surface area contributed by atoms with Crippen LogP contribution in [0.25, 0.3) is 132 Å². The molecule has 2 aliphatic rings. The summed E-state index contributed by atoms with van der Waals surface area (Å²) >= 11 is 0. The first-order chi connectivity index (χ1) is 33.8. The van der Waals surface area contributed by atoms with Gasteiger partial charge in [0, 0.05) is 70.9 Å². The molecule has 1 unspecified atom stereocenters. The molecule has 0 aliphatic heterocycles. The van der Waals surface area contributed by atoms with E-state index in [0.717, 1.165) is 19.3 Å². The fourth-order valence-corrected chi connectivity index (χ4v) is 12.8. The molecule has 4 nitrogen and oxygen atoms in total. The molecule has 0 bridgehead atoms. The van der Waals surface area contributed by atoms with Crippen LogP contribution in [0.15, 0.2) is 206 Å². The Labute approximate surface area is 391 Å². The predicted octanol–water partition coefficient (Wildman–Crippen LogP) is 16.8. The molecule has 0 amide bonds. The van der Waals surface area contributed by atoms with Crippen molar-refractivity contribution < 1.29 is 0 Å². The molecule has 16 rings (SSSR count). The van der Waals surface area contributed by atoms with Gasteiger partial charge in [0.05, 0.1) is 50.3 Å². The molecule has 14 aromatic rings. The maximum atomic E-state index is 2.65. The van der Waals surface area contributed by atoms with Crippen molar-refractivity contribution in [3.63, 3.8) is 0 Å². The highest BCUT2D eigenvalue weighted by atomic mass is 15.0. The van der Waals surface area contributed by atoms with Crippen molar-refractivity contribution in [2.24, 2.45) is 0 Å². The summed E-state index contributed by atoms with van der Waals surface area (Å²) in [5.74, 6) is 0. The maximum absolute atomic E-state index is 2.65. The molecule has 0 radical (unpaired) electrons. The smallest absolute Gasteiger partial charge is 0.0620 e. The van der Waals surface area contributed by atoms with E-state index in [1.165, 1.54) is 137 Å². The minimum Gasteiger partial charge on any atom is -0.333 e. The largest absolute Gasteiger partial charge is 0.333 e. The highest BCUT2D eigenvalue weighted by molar-refractivity contribution is 6.29. The number of nitrogens with zero attached hydrogens (tertiary/aromatic N) is 4. The topological polar surface area (TPSA) is 19.2 Å². The fraction of sp³-hybridized carbons (Fsp3) is 0.0625. The Morgan fingerprint density at radius 2 is 1.16 bits per heavy atom. The first-order valence-electron chi connectivity index (χ1n) is 24.1. The Hall–Kier alpha value is -8.60. The van der Waals surface area contributed by atoms with Gasteiger partial charge in [-0.05, 0) is 114 Å².